The van der Waals surface area contributed by atoms with Crippen molar-refractivity contribution in [2.75, 3.05) is 18.2 Å². The Balaban J connectivity index is 2.22. The number of rotatable bonds is 3. The molecule has 5 nitrogen and oxygen atoms in total. The van der Waals surface area contributed by atoms with Gasteiger partial charge in [0.25, 0.3) is 0 Å². The number of hydrogen-bond acceptors (Lipinski definition) is 4. The number of methoxy groups -OCH3 is 1. The first-order valence-electron chi connectivity index (χ1n) is 7.43. The molecule has 0 saturated heterocycles. The van der Waals surface area contributed by atoms with Crippen LogP contribution < -0.4 is 15.8 Å². The van der Waals surface area contributed by atoms with Gasteiger partial charge >= 0.3 is 6.09 Å². The third-order valence-corrected chi connectivity index (χ3v) is 3.17. The summed E-state index contributed by atoms with van der Waals surface area (Å²) in [6.07, 6.45) is -0.599. The van der Waals surface area contributed by atoms with Crippen LogP contribution in [0.1, 0.15) is 20.8 Å². The molecule has 2 aromatic carbocycles. The summed E-state index contributed by atoms with van der Waals surface area (Å²) < 4.78 is 24.3. The number of carbonyl (C=O) groups is 1. The van der Waals surface area contributed by atoms with Crippen LogP contribution in [0.15, 0.2) is 36.4 Å². The highest BCUT2D eigenvalue weighted by Gasteiger charge is 2.17. The van der Waals surface area contributed by atoms with Crippen molar-refractivity contribution in [3.63, 3.8) is 0 Å². The summed E-state index contributed by atoms with van der Waals surface area (Å²) in [5.41, 5.74) is 7.07. The lowest BCUT2D eigenvalue weighted by Gasteiger charge is -2.20. The Kier molecular flexibility index (Phi) is 4.97. The zero-order valence-electron chi connectivity index (χ0n) is 14.1. The summed E-state index contributed by atoms with van der Waals surface area (Å²) in [5.74, 6) is 0.0223. The van der Waals surface area contributed by atoms with Crippen molar-refractivity contribution >= 4 is 17.5 Å². The van der Waals surface area contributed by atoms with Crippen molar-refractivity contribution in [3.05, 3.63) is 42.2 Å². The van der Waals surface area contributed by atoms with Crippen molar-refractivity contribution in [2.24, 2.45) is 0 Å². The third-order valence-electron chi connectivity index (χ3n) is 3.17. The lowest BCUT2D eigenvalue weighted by molar-refractivity contribution is 0.0636. The van der Waals surface area contributed by atoms with E-state index in [0.717, 1.165) is 0 Å². The molecule has 0 spiro atoms. The number of carbonyl (C=O) groups excluding carboxylic acids is 1. The van der Waals surface area contributed by atoms with Gasteiger partial charge in [0.2, 0.25) is 0 Å². The normalized spacial score (nSPS) is 11.0. The number of halogens is 1. The first-order valence-corrected chi connectivity index (χ1v) is 7.43. The number of nitrogens with two attached hydrogens (primary N) is 1. The highest BCUT2D eigenvalue weighted by molar-refractivity contribution is 5.90. The SMILES string of the molecule is COc1ccc(-c2ccc(NC(=O)OC(C)(C)C)c(N)c2)c(F)c1. The van der Waals surface area contributed by atoms with Gasteiger partial charge < -0.3 is 15.2 Å². The highest BCUT2D eigenvalue weighted by atomic mass is 19.1. The number of nitrogens with one attached hydrogen (secondary N) is 1. The molecule has 6 heteroatoms. The molecule has 0 atom stereocenters. The molecular formula is C18H21FN2O3. The van der Waals surface area contributed by atoms with Gasteiger partial charge in [0, 0.05) is 11.6 Å². The second-order valence-corrected chi connectivity index (χ2v) is 6.27. The summed E-state index contributed by atoms with van der Waals surface area (Å²) in [5, 5.41) is 2.58. The average Bonchev–Trinajstić information content (AvgIpc) is 2.47. The summed E-state index contributed by atoms with van der Waals surface area (Å²) in [6.45, 7) is 5.31. The fourth-order valence-electron chi connectivity index (χ4n) is 2.11. The first-order chi connectivity index (χ1) is 11.2. The standard InChI is InChI=1S/C18H21FN2O3/c1-18(2,3)24-17(22)21-16-8-5-11(9-15(16)20)13-7-6-12(23-4)10-14(13)19/h5-10H,20H2,1-4H3,(H,21,22). The number of ether oxygens (including phenoxy) is 2. The second kappa shape index (κ2) is 6.78. The van der Waals surface area contributed by atoms with Crippen molar-refractivity contribution in [3.8, 4) is 16.9 Å². The van der Waals surface area contributed by atoms with Gasteiger partial charge in [-0.15, -0.1) is 0 Å². The molecule has 0 heterocycles. The number of hydrogen-bond donors (Lipinski definition) is 2. The van der Waals surface area contributed by atoms with Crippen molar-refractivity contribution in [2.45, 2.75) is 26.4 Å². The Morgan fingerprint density at radius 1 is 1.17 bits per heavy atom. The topological polar surface area (TPSA) is 73.6 Å². The largest absolute Gasteiger partial charge is 0.497 e. The van der Waals surface area contributed by atoms with Crippen LogP contribution in [0.25, 0.3) is 11.1 Å². The van der Waals surface area contributed by atoms with Crippen molar-refractivity contribution in [1.29, 1.82) is 0 Å². The Labute approximate surface area is 140 Å². The molecule has 3 N–H and O–H groups in total. The van der Waals surface area contributed by atoms with Crippen LogP contribution in [-0.2, 0) is 4.74 Å². The third kappa shape index (κ3) is 4.38. The summed E-state index contributed by atoms with van der Waals surface area (Å²) in [6, 6.07) is 9.47. The van der Waals surface area contributed by atoms with Crippen LogP contribution in [0.4, 0.5) is 20.6 Å². The maximum Gasteiger partial charge on any atom is 0.412 e. The molecule has 24 heavy (non-hydrogen) atoms. The number of benzene rings is 2. The highest BCUT2D eigenvalue weighted by Crippen LogP contribution is 2.30. The lowest BCUT2D eigenvalue weighted by atomic mass is 10.0. The Bertz CT molecular complexity index is 754. The molecule has 128 valence electrons. The Morgan fingerprint density at radius 2 is 1.88 bits per heavy atom. The van der Waals surface area contributed by atoms with E-state index >= 15 is 0 Å². The fourth-order valence-corrected chi connectivity index (χ4v) is 2.11. The van der Waals surface area contributed by atoms with E-state index in [0.29, 0.717) is 28.3 Å². The number of anilines is 2. The van der Waals surface area contributed by atoms with E-state index in [-0.39, 0.29) is 0 Å². The maximum absolute atomic E-state index is 14.1. The molecule has 0 aromatic heterocycles. The smallest absolute Gasteiger partial charge is 0.412 e. The van der Waals surface area contributed by atoms with Crippen molar-refractivity contribution in [1.82, 2.24) is 0 Å². The van der Waals surface area contributed by atoms with E-state index in [4.69, 9.17) is 15.2 Å². The Morgan fingerprint density at radius 3 is 2.42 bits per heavy atom. The molecule has 0 aliphatic heterocycles. The van der Waals surface area contributed by atoms with Crippen LogP contribution in [0, 0.1) is 5.82 Å². The first kappa shape index (κ1) is 17.6. The minimum atomic E-state index is -0.606. The van der Waals surface area contributed by atoms with Gasteiger partial charge in [0.1, 0.15) is 17.2 Å². The van der Waals surface area contributed by atoms with E-state index in [1.165, 1.54) is 13.2 Å². The van der Waals surface area contributed by atoms with Gasteiger partial charge in [-0.05, 0) is 50.6 Å². The molecule has 0 unspecified atom stereocenters. The number of nitrogen functional groups attached to an aromatic ring is 1. The molecule has 0 fully saturated rings. The summed E-state index contributed by atoms with van der Waals surface area (Å²) in [7, 11) is 1.48. The van der Waals surface area contributed by atoms with Crippen LogP contribution in [0.2, 0.25) is 0 Å². The van der Waals surface area contributed by atoms with E-state index < -0.39 is 17.5 Å². The van der Waals surface area contributed by atoms with Crippen LogP contribution >= 0.6 is 0 Å². The molecule has 0 saturated carbocycles. The lowest BCUT2D eigenvalue weighted by Crippen LogP contribution is -2.27. The molecule has 0 aliphatic carbocycles. The molecule has 0 radical (unpaired) electrons. The van der Waals surface area contributed by atoms with Gasteiger partial charge in [0.15, 0.2) is 0 Å². The molecule has 2 rings (SSSR count). The zero-order valence-corrected chi connectivity index (χ0v) is 14.1. The predicted molar refractivity (Wildman–Crippen MR) is 92.7 cm³/mol. The maximum atomic E-state index is 14.1. The predicted octanol–water partition coefficient (Wildman–Crippen LogP) is 4.43. The summed E-state index contributed by atoms with van der Waals surface area (Å²) in [4.78, 5) is 11.8. The average molecular weight is 332 g/mol. The Hall–Kier alpha value is -2.76. The number of amides is 1. The minimum Gasteiger partial charge on any atom is -0.497 e. The summed E-state index contributed by atoms with van der Waals surface area (Å²) >= 11 is 0. The van der Waals surface area contributed by atoms with E-state index in [1.807, 2.05) is 0 Å². The van der Waals surface area contributed by atoms with Crippen molar-refractivity contribution < 1.29 is 18.7 Å². The van der Waals surface area contributed by atoms with Gasteiger partial charge in [-0.2, -0.15) is 0 Å². The molecule has 1 amide bonds. The van der Waals surface area contributed by atoms with E-state index in [9.17, 15) is 9.18 Å². The van der Waals surface area contributed by atoms with Gasteiger partial charge in [-0.1, -0.05) is 6.07 Å². The van der Waals surface area contributed by atoms with Crippen LogP contribution in [0.3, 0.4) is 0 Å². The molecule has 0 aliphatic rings. The van der Waals surface area contributed by atoms with E-state index in [1.54, 1.807) is 51.1 Å². The quantitative estimate of drug-likeness (QED) is 0.816. The van der Waals surface area contributed by atoms with Crippen LogP contribution in [-0.4, -0.2) is 18.8 Å². The molecular weight excluding hydrogens is 311 g/mol. The fraction of sp³-hybridized carbons (Fsp3) is 0.278. The van der Waals surface area contributed by atoms with E-state index in [2.05, 4.69) is 5.32 Å². The van der Waals surface area contributed by atoms with Gasteiger partial charge in [-0.3, -0.25) is 5.32 Å². The second-order valence-electron chi connectivity index (χ2n) is 6.27. The monoisotopic (exact) mass is 332 g/mol. The molecule has 2 aromatic rings. The minimum absolute atomic E-state index is 0.313. The zero-order chi connectivity index (χ0) is 17.9. The van der Waals surface area contributed by atoms with Crippen LogP contribution in [0.5, 0.6) is 5.75 Å². The van der Waals surface area contributed by atoms with Gasteiger partial charge in [-0.25, -0.2) is 9.18 Å². The van der Waals surface area contributed by atoms with Gasteiger partial charge in [0.05, 0.1) is 18.5 Å². The molecule has 0 bridgehead atoms.